The van der Waals surface area contributed by atoms with Gasteiger partial charge in [0, 0.05) is 6.54 Å². The van der Waals surface area contributed by atoms with E-state index in [1.165, 1.54) is 0 Å². The first kappa shape index (κ1) is 7.25. The van der Waals surface area contributed by atoms with E-state index in [1.807, 2.05) is 29.6 Å². The second-order valence-corrected chi connectivity index (χ2v) is 2.15. The third-order valence-electron chi connectivity index (χ3n) is 1.45. The van der Waals surface area contributed by atoms with E-state index < -0.39 is 0 Å². The maximum atomic E-state index is 5.42. The summed E-state index contributed by atoms with van der Waals surface area (Å²) in [7, 11) is 3.66. The van der Waals surface area contributed by atoms with E-state index in [-0.39, 0.29) is 0 Å². The topological polar surface area (TPSA) is 42.6 Å². The molecule has 0 radical (unpaired) electrons. The number of rotatable bonds is 2. The van der Waals surface area contributed by atoms with E-state index in [0.717, 1.165) is 11.3 Å². The Bertz CT molecular complexity index is 168. The summed E-state index contributed by atoms with van der Waals surface area (Å²) in [4.78, 5) is 0. The van der Waals surface area contributed by atoms with Gasteiger partial charge < -0.3 is 11.1 Å². The molecule has 0 unspecified atom stereocenters. The normalized spacial score (nSPS) is 9.80. The summed E-state index contributed by atoms with van der Waals surface area (Å²) in [5, 5.41) is 1.82. The second-order valence-electron chi connectivity index (χ2n) is 2.15. The summed E-state index contributed by atoms with van der Waals surface area (Å²) in [6, 6.07) is 8.04. The molecule has 0 aliphatic rings. The summed E-state index contributed by atoms with van der Waals surface area (Å²) >= 11 is 0. The molecule has 2 nitrogen and oxygen atoms in total. The molecule has 10 heavy (non-hydrogen) atoms. The summed E-state index contributed by atoms with van der Waals surface area (Å²) in [5.41, 5.74) is 7.71. The standard InChI is InChI=1S/C8H12N2/c1-10-8-4-2-7(6-9)3-5-8/h2-5H,1,6,9-10H2. The van der Waals surface area contributed by atoms with Crippen molar-refractivity contribution in [1.29, 1.82) is 0 Å². The third kappa shape index (κ3) is 1.56. The largest absolute Gasteiger partial charge is 0.446 e. The van der Waals surface area contributed by atoms with Gasteiger partial charge in [0.05, 0.1) is 0 Å². The van der Waals surface area contributed by atoms with Gasteiger partial charge >= 0.3 is 0 Å². The van der Waals surface area contributed by atoms with Crippen LogP contribution in [0.1, 0.15) is 5.56 Å². The van der Waals surface area contributed by atoms with Gasteiger partial charge in [0.2, 0.25) is 0 Å². The summed E-state index contributed by atoms with van der Waals surface area (Å²) in [6.07, 6.45) is 0. The average Bonchev–Trinajstić information content (AvgIpc) is 2.05. The van der Waals surface area contributed by atoms with Crippen LogP contribution in [0.4, 0.5) is 5.69 Å². The number of benzene rings is 1. The third-order valence-corrected chi connectivity index (χ3v) is 1.45. The second kappa shape index (κ2) is 3.34. The molecule has 0 heterocycles. The van der Waals surface area contributed by atoms with E-state index >= 15 is 0 Å². The molecule has 0 bridgehead atoms. The van der Waals surface area contributed by atoms with Crippen molar-refractivity contribution in [2.24, 2.45) is 5.73 Å². The molecule has 0 aliphatic carbocycles. The van der Waals surface area contributed by atoms with Crippen molar-refractivity contribution in [2.75, 3.05) is 0 Å². The first-order valence-electron chi connectivity index (χ1n) is 3.28. The molecular formula is C8H12N2. The highest BCUT2D eigenvalue weighted by atomic mass is 14.8. The maximum Gasteiger partial charge on any atom is 0.103 e. The Balaban J connectivity index is 2.80. The molecule has 54 valence electrons. The Morgan fingerprint density at radius 2 is 1.90 bits per heavy atom. The Kier molecular flexibility index (Phi) is 2.42. The average molecular weight is 136 g/mol. The minimum atomic E-state index is 0.609. The molecule has 0 aromatic heterocycles. The molecule has 0 saturated carbocycles. The Morgan fingerprint density at radius 1 is 1.30 bits per heavy atom. The van der Waals surface area contributed by atoms with Gasteiger partial charge in [-0.2, -0.15) is 0 Å². The number of hydrogen-bond acceptors (Lipinski definition) is 1. The van der Waals surface area contributed by atoms with Crippen LogP contribution < -0.4 is 11.1 Å². The predicted molar refractivity (Wildman–Crippen MR) is 41.3 cm³/mol. The first-order chi connectivity index (χ1) is 4.86. The van der Waals surface area contributed by atoms with E-state index in [4.69, 9.17) is 5.73 Å². The molecular weight excluding hydrogens is 124 g/mol. The SMILES string of the molecule is [CH2-][NH2+]c1ccc(CN)cc1. The zero-order chi connectivity index (χ0) is 7.40. The van der Waals surface area contributed by atoms with Crippen LogP contribution in [0.25, 0.3) is 0 Å². The molecule has 0 saturated heterocycles. The van der Waals surface area contributed by atoms with Crippen LogP contribution in [0.15, 0.2) is 24.3 Å². The van der Waals surface area contributed by atoms with Crippen LogP contribution in [0.5, 0.6) is 0 Å². The molecule has 0 amide bonds. The minimum Gasteiger partial charge on any atom is -0.446 e. The number of quaternary nitrogens is 1. The molecule has 1 aromatic rings. The zero-order valence-corrected chi connectivity index (χ0v) is 5.88. The lowest BCUT2D eigenvalue weighted by atomic mass is 10.2. The molecule has 0 aliphatic heterocycles. The number of nitrogens with two attached hydrogens (primary N) is 2. The van der Waals surface area contributed by atoms with Gasteiger partial charge in [-0.3, -0.25) is 0 Å². The van der Waals surface area contributed by atoms with E-state index in [2.05, 4.69) is 7.05 Å². The van der Waals surface area contributed by atoms with E-state index in [0.29, 0.717) is 6.54 Å². The highest BCUT2D eigenvalue weighted by Gasteiger charge is 1.89. The molecule has 0 atom stereocenters. The van der Waals surface area contributed by atoms with Crippen molar-refractivity contribution in [1.82, 2.24) is 0 Å². The van der Waals surface area contributed by atoms with Crippen molar-refractivity contribution in [3.63, 3.8) is 0 Å². The fraction of sp³-hybridized carbons (Fsp3) is 0.125. The van der Waals surface area contributed by atoms with Crippen molar-refractivity contribution in [3.8, 4) is 0 Å². The predicted octanol–water partition coefficient (Wildman–Crippen LogP) is 0.132. The van der Waals surface area contributed by atoms with Gasteiger partial charge in [0.25, 0.3) is 0 Å². The highest BCUT2D eigenvalue weighted by Crippen LogP contribution is 2.02. The summed E-state index contributed by atoms with van der Waals surface area (Å²) in [5.74, 6) is 0. The van der Waals surface area contributed by atoms with Gasteiger partial charge in [-0.05, 0) is 17.7 Å². The van der Waals surface area contributed by atoms with Gasteiger partial charge in [0.1, 0.15) is 5.69 Å². The van der Waals surface area contributed by atoms with E-state index in [9.17, 15) is 0 Å². The van der Waals surface area contributed by atoms with Crippen molar-refractivity contribution in [3.05, 3.63) is 36.9 Å². The smallest absolute Gasteiger partial charge is 0.103 e. The van der Waals surface area contributed by atoms with Crippen LogP contribution >= 0.6 is 0 Å². The lowest BCUT2D eigenvalue weighted by molar-refractivity contribution is -0.504. The number of hydrogen-bond donors (Lipinski definition) is 2. The highest BCUT2D eigenvalue weighted by molar-refractivity contribution is 5.31. The maximum absolute atomic E-state index is 5.42. The molecule has 1 rings (SSSR count). The molecule has 4 N–H and O–H groups in total. The van der Waals surface area contributed by atoms with Gasteiger partial charge in [-0.25, -0.2) is 0 Å². The van der Waals surface area contributed by atoms with Gasteiger partial charge in [-0.15, -0.1) is 7.05 Å². The molecule has 0 fully saturated rings. The Morgan fingerprint density at radius 3 is 2.30 bits per heavy atom. The summed E-state index contributed by atoms with van der Waals surface area (Å²) in [6.45, 7) is 0.609. The Hall–Kier alpha value is -0.860. The van der Waals surface area contributed by atoms with Gasteiger partial charge in [0.15, 0.2) is 0 Å². The van der Waals surface area contributed by atoms with Crippen molar-refractivity contribution in [2.45, 2.75) is 6.54 Å². The Labute approximate surface area is 61.1 Å². The fourth-order valence-electron chi connectivity index (χ4n) is 0.790. The minimum absolute atomic E-state index is 0.609. The lowest BCUT2D eigenvalue weighted by Crippen LogP contribution is -2.69. The van der Waals surface area contributed by atoms with Crippen LogP contribution in [-0.2, 0) is 6.54 Å². The van der Waals surface area contributed by atoms with Crippen LogP contribution in [-0.4, -0.2) is 0 Å². The molecule has 1 aromatic carbocycles. The molecule has 2 heteroatoms. The zero-order valence-electron chi connectivity index (χ0n) is 5.88. The van der Waals surface area contributed by atoms with Crippen molar-refractivity contribution < 1.29 is 5.32 Å². The van der Waals surface area contributed by atoms with Crippen LogP contribution in [0.3, 0.4) is 0 Å². The van der Waals surface area contributed by atoms with Crippen molar-refractivity contribution >= 4 is 5.69 Å². The fourth-order valence-corrected chi connectivity index (χ4v) is 0.790. The molecule has 0 spiro atoms. The lowest BCUT2D eigenvalue weighted by Gasteiger charge is -1.99. The van der Waals surface area contributed by atoms with Gasteiger partial charge in [-0.1, -0.05) is 12.1 Å². The van der Waals surface area contributed by atoms with Crippen LogP contribution in [0, 0.1) is 7.05 Å². The van der Waals surface area contributed by atoms with E-state index in [1.54, 1.807) is 0 Å². The quantitative estimate of drug-likeness (QED) is 0.440. The summed E-state index contributed by atoms with van der Waals surface area (Å²) < 4.78 is 0. The first-order valence-corrected chi connectivity index (χ1v) is 3.28. The van der Waals surface area contributed by atoms with Crippen LogP contribution in [0.2, 0.25) is 0 Å². The monoisotopic (exact) mass is 136 g/mol.